The van der Waals surface area contributed by atoms with Gasteiger partial charge in [0, 0.05) is 13.7 Å². The van der Waals surface area contributed by atoms with E-state index in [1.165, 1.54) is 7.17 Å². The fourth-order valence-electron chi connectivity index (χ4n) is 1.22. The van der Waals surface area contributed by atoms with Crippen molar-refractivity contribution in [2.45, 2.75) is 32.6 Å². The Morgan fingerprint density at radius 3 is 2.67 bits per heavy atom. The molecule has 0 aliphatic heterocycles. The topological polar surface area (TPSA) is 43.1 Å². The molecule has 65 valence electrons. The van der Waals surface area contributed by atoms with Crippen LogP contribution in [0, 0.1) is 5.92 Å². The maximum Gasteiger partial charge on any atom is 0.146 e. The highest BCUT2D eigenvalue weighted by Gasteiger charge is 2.12. The van der Waals surface area contributed by atoms with Crippen molar-refractivity contribution in [2.75, 3.05) is 6.54 Å². The van der Waals surface area contributed by atoms with E-state index in [9.17, 15) is 4.79 Å². The molecule has 0 aliphatic carbocycles. The van der Waals surface area contributed by atoms with Crippen LogP contribution >= 0.6 is 0 Å². The fourth-order valence-corrected chi connectivity index (χ4v) is 1.22. The first-order valence-electron chi connectivity index (χ1n) is 4.55. The zero-order valence-corrected chi connectivity index (χ0v) is 7.75. The summed E-state index contributed by atoms with van der Waals surface area (Å²) in [6.07, 6.45) is 3.81. The molecule has 0 rings (SSSR count). The zero-order valence-electron chi connectivity index (χ0n) is 7.75. The molecule has 0 spiro atoms. The third-order valence-corrected chi connectivity index (χ3v) is 2.07. The SMILES string of the molecule is [B][B]C(=O)[C@@H](CC)CCCCN. The molecule has 3 radical (unpaired) electrons. The highest BCUT2D eigenvalue weighted by Crippen LogP contribution is 2.12. The van der Waals surface area contributed by atoms with E-state index in [0.717, 1.165) is 25.7 Å². The lowest BCUT2D eigenvalue weighted by atomic mass is 9.50. The summed E-state index contributed by atoms with van der Waals surface area (Å²) in [5.74, 6) is 0.113. The quantitative estimate of drug-likeness (QED) is 0.438. The Balaban J connectivity index is 3.60. The van der Waals surface area contributed by atoms with Crippen LogP contribution in [-0.4, -0.2) is 27.1 Å². The molecule has 0 saturated carbocycles. The zero-order chi connectivity index (χ0) is 9.40. The van der Waals surface area contributed by atoms with Crippen molar-refractivity contribution in [3.63, 3.8) is 0 Å². The summed E-state index contributed by atoms with van der Waals surface area (Å²) in [4.78, 5) is 11.1. The van der Waals surface area contributed by atoms with Crippen LogP contribution in [0.3, 0.4) is 0 Å². The Hall–Kier alpha value is -0.240. The van der Waals surface area contributed by atoms with Gasteiger partial charge >= 0.3 is 0 Å². The third kappa shape index (κ3) is 4.60. The fraction of sp³-hybridized carbons (Fsp3) is 0.875. The largest absolute Gasteiger partial charge is 0.330 e. The van der Waals surface area contributed by atoms with Crippen molar-refractivity contribution < 1.29 is 4.79 Å². The highest BCUT2D eigenvalue weighted by molar-refractivity contribution is 7.08. The van der Waals surface area contributed by atoms with Crippen LogP contribution in [0.15, 0.2) is 0 Å². The minimum atomic E-state index is 0.0644. The van der Waals surface area contributed by atoms with Crippen molar-refractivity contribution in [1.82, 2.24) is 0 Å². The van der Waals surface area contributed by atoms with E-state index in [-0.39, 0.29) is 11.6 Å². The minimum Gasteiger partial charge on any atom is -0.330 e. The van der Waals surface area contributed by atoms with Crippen LogP contribution in [0.5, 0.6) is 0 Å². The lowest BCUT2D eigenvalue weighted by Gasteiger charge is -2.11. The molecule has 4 heteroatoms. The molecule has 0 heterocycles. The Labute approximate surface area is 76.9 Å². The summed E-state index contributed by atoms with van der Waals surface area (Å²) in [6, 6.07) is 0. The predicted octanol–water partition coefficient (Wildman–Crippen LogP) is 0.456. The lowest BCUT2D eigenvalue weighted by molar-refractivity contribution is -0.115. The van der Waals surface area contributed by atoms with Crippen LogP contribution in [0.2, 0.25) is 0 Å². The standard InChI is InChI=1S/C8H16B2NO/c1-2-7(8(12)10-9)5-3-4-6-11/h7H,2-6,11H2,1H3/t7-/m0/s1. The third-order valence-electron chi connectivity index (χ3n) is 2.07. The number of carbonyl (C=O) groups is 1. The van der Waals surface area contributed by atoms with Crippen molar-refractivity contribution in [2.24, 2.45) is 11.7 Å². The van der Waals surface area contributed by atoms with Crippen LogP contribution in [0.1, 0.15) is 32.6 Å². The molecular formula is C8H16B2NO. The number of hydrogen-bond acceptors (Lipinski definition) is 2. The Kier molecular flexibility index (Phi) is 7.26. The van der Waals surface area contributed by atoms with Gasteiger partial charge in [-0.05, 0) is 25.8 Å². The monoisotopic (exact) mass is 164 g/mol. The second-order valence-electron chi connectivity index (χ2n) is 2.96. The van der Waals surface area contributed by atoms with Crippen molar-refractivity contribution in [3.05, 3.63) is 0 Å². The molecule has 2 nitrogen and oxygen atoms in total. The molecule has 0 aromatic heterocycles. The van der Waals surface area contributed by atoms with E-state index in [4.69, 9.17) is 13.5 Å². The summed E-state index contributed by atoms with van der Waals surface area (Å²) in [6.45, 7) is 2.71. The number of carbonyl (C=O) groups excluding carboxylic acids is 1. The molecule has 0 bridgehead atoms. The van der Waals surface area contributed by atoms with Gasteiger partial charge in [0.05, 0.1) is 5.68 Å². The van der Waals surface area contributed by atoms with Gasteiger partial charge < -0.3 is 10.5 Å². The first-order valence-corrected chi connectivity index (χ1v) is 4.55. The van der Waals surface area contributed by atoms with Gasteiger partial charge in [-0.3, -0.25) is 0 Å². The second-order valence-corrected chi connectivity index (χ2v) is 2.96. The van der Waals surface area contributed by atoms with Crippen molar-refractivity contribution in [3.8, 4) is 0 Å². The number of unbranched alkanes of at least 4 members (excludes halogenated alkanes) is 1. The van der Waals surface area contributed by atoms with E-state index in [0.29, 0.717) is 6.54 Å². The van der Waals surface area contributed by atoms with Crippen LogP contribution in [0.25, 0.3) is 0 Å². The lowest BCUT2D eigenvalue weighted by Crippen LogP contribution is -2.20. The summed E-state index contributed by atoms with van der Waals surface area (Å²) < 4.78 is 0. The summed E-state index contributed by atoms with van der Waals surface area (Å²) in [5, 5.41) is 0. The minimum absolute atomic E-state index is 0.0644. The van der Waals surface area contributed by atoms with Crippen LogP contribution in [0.4, 0.5) is 0 Å². The Morgan fingerprint density at radius 2 is 2.25 bits per heavy atom. The maximum absolute atomic E-state index is 11.1. The smallest absolute Gasteiger partial charge is 0.146 e. The first kappa shape index (κ1) is 11.8. The number of nitrogens with two attached hydrogens (primary N) is 1. The van der Waals surface area contributed by atoms with E-state index in [1.54, 1.807) is 0 Å². The van der Waals surface area contributed by atoms with Crippen LogP contribution < -0.4 is 5.73 Å². The maximum atomic E-state index is 11.1. The van der Waals surface area contributed by atoms with Gasteiger partial charge in [0.2, 0.25) is 0 Å². The van der Waals surface area contributed by atoms with Gasteiger partial charge in [0.15, 0.2) is 0 Å². The average molecular weight is 164 g/mol. The molecule has 2 N–H and O–H groups in total. The Morgan fingerprint density at radius 1 is 1.58 bits per heavy atom. The first-order chi connectivity index (χ1) is 5.76. The van der Waals surface area contributed by atoms with E-state index in [1.807, 2.05) is 6.92 Å². The van der Waals surface area contributed by atoms with E-state index in [2.05, 4.69) is 0 Å². The second kappa shape index (κ2) is 7.41. The predicted molar refractivity (Wildman–Crippen MR) is 53.2 cm³/mol. The molecule has 0 amide bonds. The summed E-state index contributed by atoms with van der Waals surface area (Å²) in [7, 11) is 6.33. The molecule has 0 aromatic carbocycles. The average Bonchev–Trinajstić information content (AvgIpc) is 2.11. The molecule has 0 aliphatic rings. The molecule has 1 atom stereocenters. The van der Waals surface area contributed by atoms with E-state index >= 15 is 0 Å². The molecule has 0 aromatic rings. The van der Waals surface area contributed by atoms with Gasteiger partial charge in [-0.1, -0.05) is 13.3 Å². The summed E-state index contributed by atoms with van der Waals surface area (Å²) in [5.41, 5.74) is 5.41. The Bertz CT molecular complexity index is 130. The van der Waals surface area contributed by atoms with E-state index < -0.39 is 0 Å². The van der Waals surface area contributed by atoms with Gasteiger partial charge in [-0.15, -0.1) is 0 Å². The molecule has 0 unspecified atom stereocenters. The number of hydrogen-bond donors (Lipinski definition) is 1. The molecule has 0 fully saturated rings. The van der Waals surface area contributed by atoms with Crippen molar-refractivity contribution >= 4 is 20.6 Å². The molecule has 0 saturated heterocycles. The van der Waals surface area contributed by atoms with Gasteiger partial charge in [-0.25, -0.2) is 0 Å². The van der Waals surface area contributed by atoms with Crippen molar-refractivity contribution in [1.29, 1.82) is 0 Å². The van der Waals surface area contributed by atoms with Gasteiger partial charge in [-0.2, -0.15) is 0 Å². The van der Waals surface area contributed by atoms with Crippen LogP contribution in [-0.2, 0) is 4.79 Å². The highest BCUT2D eigenvalue weighted by atomic mass is 16.1. The van der Waals surface area contributed by atoms with Gasteiger partial charge in [0.1, 0.15) is 7.17 Å². The van der Waals surface area contributed by atoms with Gasteiger partial charge in [0.25, 0.3) is 0 Å². The molecule has 12 heavy (non-hydrogen) atoms. The summed E-state index contributed by atoms with van der Waals surface area (Å²) >= 11 is 0. The normalized spacial score (nSPS) is 12.5. The number of rotatable bonds is 7. The molecular weight excluding hydrogens is 148 g/mol.